The maximum Gasteiger partial charge on any atom is 0.325 e. The van der Waals surface area contributed by atoms with E-state index in [0.29, 0.717) is 17.3 Å². The van der Waals surface area contributed by atoms with Crippen molar-refractivity contribution >= 4 is 20.9 Å². The highest BCUT2D eigenvalue weighted by molar-refractivity contribution is 6.48. The van der Waals surface area contributed by atoms with Gasteiger partial charge in [0.05, 0.1) is 0 Å². The molecule has 4 unspecified atom stereocenters. The van der Waals surface area contributed by atoms with Crippen LogP contribution in [0.25, 0.3) is 0 Å². The van der Waals surface area contributed by atoms with Gasteiger partial charge in [-0.25, -0.2) is 0 Å². The lowest BCUT2D eigenvalue weighted by atomic mass is 9.91. The summed E-state index contributed by atoms with van der Waals surface area (Å²) in [6.45, 7) is 0. The molecule has 0 amide bonds. The molecule has 2 aliphatic rings. The highest BCUT2D eigenvalue weighted by atomic mass is 35.5. The Morgan fingerprint density at radius 2 is 2.07 bits per heavy atom. The number of alkyl halides is 1. The van der Waals surface area contributed by atoms with E-state index in [4.69, 9.17) is 20.5 Å². The Kier molecular flexibility index (Phi) is 3.88. The molecule has 2 bridgehead atoms. The van der Waals surface area contributed by atoms with Crippen molar-refractivity contribution < 1.29 is 8.85 Å². The molecule has 1 saturated carbocycles. The largest absolute Gasteiger partial charge is 0.400 e. The van der Waals surface area contributed by atoms with Crippen molar-refractivity contribution in [3.05, 3.63) is 12.2 Å². The second-order valence-corrected chi connectivity index (χ2v) is 7.45. The van der Waals surface area contributed by atoms with Gasteiger partial charge >= 0.3 is 9.28 Å². The van der Waals surface area contributed by atoms with Crippen LogP contribution in [-0.4, -0.2) is 29.4 Å². The molecule has 0 aromatic carbocycles. The van der Waals surface area contributed by atoms with Gasteiger partial charge in [-0.2, -0.15) is 0 Å². The van der Waals surface area contributed by atoms with Crippen molar-refractivity contribution in [2.45, 2.75) is 18.4 Å². The van der Waals surface area contributed by atoms with Gasteiger partial charge in [0.25, 0.3) is 0 Å². The smallest absolute Gasteiger partial charge is 0.325 e. The Hall–Kier alpha value is 0.167. The van der Waals surface area contributed by atoms with E-state index in [1.54, 1.807) is 14.2 Å². The predicted octanol–water partition coefficient (Wildman–Crippen LogP) is 2.32. The third-order valence-corrected chi connectivity index (χ3v) is 6.89. The minimum atomic E-state index is -1.56. The van der Waals surface area contributed by atoms with Crippen molar-refractivity contribution in [1.29, 1.82) is 0 Å². The summed E-state index contributed by atoms with van der Waals surface area (Å²) in [6, 6.07) is 0. The highest BCUT2D eigenvalue weighted by Gasteiger charge is 2.43. The molecule has 2 aliphatic carbocycles. The maximum atomic E-state index is 6.09. The van der Waals surface area contributed by atoms with Gasteiger partial charge in [0, 0.05) is 25.6 Å². The first-order valence-corrected chi connectivity index (χ1v) is 7.74. The SMILES string of the molecule is CO[SiH](OC)C(CCl)C1CC2C=CC1C2. The van der Waals surface area contributed by atoms with E-state index in [2.05, 4.69) is 12.2 Å². The van der Waals surface area contributed by atoms with E-state index >= 15 is 0 Å². The number of hydrogen-bond donors (Lipinski definition) is 0. The van der Waals surface area contributed by atoms with Crippen LogP contribution in [0.5, 0.6) is 0 Å². The van der Waals surface area contributed by atoms with Crippen LogP contribution in [0.1, 0.15) is 12.8 Å². The van der Waals surface area contributed by atoms with Crippen LogP contribution in [0.2, 0.25) is 5.54 Å². The number of rotatable bonds is 5. The molecule has 0 radical (unpaired) electrons. The second kappa shape index (κ2) is 5.00. The first kappa shape index (κ1) is 11.6. The monoisotopic (exact) mass is 246 g/mol. The van der Waals surface area contributed by atoms with Crippen molar-refractivity contribution in [2.75, 3.05) is 20.1 Å². The van der Waals surface area contributed by atoms with Crippen LogP contribution in [0.4, 0.5) is 0 Å². The summed E-state index contributed by atoms with van der Waals surface area (Å²) in [5, 5.41) is 0. The first-order chi connectivity index (χ1) is 7.30. The van der Waals surface area contributed by atoms with E-state index in [9.17, 15) is 0 Å². The number of fused-ring (bicyclic) bond motifs is 2. The maximum absolute atomic E-state index is 6.09. The van der Waals surface area contributed by atoms with E-state index in [1.165, 1.54) is 12.8 Å². The molecule has 0 aromatic rings. The molecular weight excluding hydrogens is 228 g/mol. The first-order valence-electron chi connectivity index (χ1n) is 5.60. The third-order valence-electron chi connectivity index (χ3n) is 3.87. The van der Waals surface area contributed by atoms with E-state index in [-0.39, 0.29) is 0 Å². The Morgan fingerprint density at radius 3 is 2.47 bits per heavy atom. The van der Waals surface area contributed by atoms with Crippen LogP contribution in [0.15, 0.2) is 12.2 Å². The number of halogens is 1. The lowest BCUT2D eigenvalue weighted by molar-refractivity contribution is 0.246. The Bertz CT molecular complexity index is 243. The Balaban J connectivity index is 2.03. The fourth-order valence-electron chi connectivity index (χ4n) is 3.15. The zero-order chi connectivity index (χ0) is 10.8. The molecule has 2 nitrogen and oxygen atoms in total. The summed E-state index contributed by atoms with van der Waals surface area (Å²) in [5.74, 6) is 2.92. The topological polar surface area (TPSA) is 18.5 Å². The van der Waals surface area contributed by atoms with Crippen molar-refractivity contribution in [2.24, 2.45) is 17.8 Å². The molecule has 1 fully saturated rings. The van der Waals surface area contributed by atoms with Gasteiger partial charge in [0.2, 0.25) is 0 Å². The molecule has 4 heteroatoms. The second-order valence-electron chi connectivity index (χ2n) is 4.60. The van der Waals surface area contributed by atoms with Gasteiger partial charge in [-0.05, 0) is 30.6 Å². The molecule has 2 rings (SSSR count). The zero-order valence-electron chi connectivity index (χ0n) is 9.36. The average molecular weight is 247 g/mol. The van der Waals surface area contributed by atoms with Crippen molar-refractivity contribution in [3.8, 4) is 0 Å². The molecular formula is C11H19ClO2Si. The van der Waals surface area contributed by atoms with Crippen LogP contribution < -0.4 is 0 Å². The van der Waals surface area contributed by atoms with Crippen LogP contribution in [-0.2, 0) is 8.85 Å². The predicted molar refractivity (Wildman–Crippen MR) is 64.5 cm³/mol. The minimum Gasteiger partial charge on any atom is -0.400 e. The summed E-state index contributed by atoms with van der Waals surface area (Å²) >= 11 is 6.09. The van der Waals surface area contributed by atoms with Gasteiger partial charge in [-0.15, -0.1) is 11.6 Å². The quantitative estimate of drug-likeness (QED) is 0.421. The van der Waals surface area contributed by atoms with Crippen LogP contribution >= 0.6 is 11.6 Å². The summed E-state index contributed by atoms with van der Waals surface area (Å²) in [4.78, 5) is 0. The zero-order valence-corrected chi connectivity index (χ0v) is 11.3. The fourth-order valence-corrected chi connectivity index (χ4v) is 5.70. The molecule has 0 N–H and O–H groups in total. The lowest BCUT2D eigenvalue weighted by Crippen LogP contribution is -2.34. The summed E-state index contributed by atoms with van der Waals surface area (Å²) in [7, 11) is 1.95. The normalized spacial score (nSPS) is 35.3. The Labute approximate surface area is 98.4 Å². The molecule has 0 aromatic heterocycles. The average Bonchev–Trinajstić information content (AvgIpc) is 2.87. The fraction of sp³-hybridized carbons (Fsp3) is 0.818. The van der Waals surface area contributed by atoms with E-state index < -0.39 is 9.28 Å². The lowest BCUT2D eigenvalue weighted by Gasteiger charge is -2.30. The molecule has 0 spiro atoms. The molecule has 15 heavy (non-hydrogen) atoms. The minimum absolute atomic E-state index is 0.460. The standard InChI is InChI=1S/C11H19ClO2Si/c1-13-15(14-2)11(7-12)10-6-8-3-4-9(10)5-8/h3-4,8-11,15H,5-7H2,1-2H3. The molecule has 0 aliphatic heterocycles. The molecule has 0 saturated heterocycles. The van der Waals surface area contributed by atoms with Gasteiger partial charge in [0.1, 0.15) is 0 Å². The number of allylic oxidation sites excluding steroid dienone is 2. The number of hydrogen-bond acceptors (Lipinski definition) is 2. The van der Waals surface area contributed by atoms with Crippen LogP contribution in [0, 0.1) is 17.8 Å². The van der Waals surface area contributed by atoms with E-state index in [1.807, 2.05) is 0 Å². The summed E-state index contributed by atoms with van der Waals surface area (Å²) < 4.78 is 11.0. The molecule has 86 valence electrons. The molecule has 4 atom stereocenters. The van der Waals surface area contributed by atoms with Gasteiger partial charge < -0.3 is 8.85 Å². The highest BCUT2D eigenvalue weighted by Crippen LogP contribution is 2.49. The van der Waals surface area contributed by atoms with Gasteiger partial charge in [-0.3, -0.25) is 0 Å². The summed E-state index contributed by atoms with van der Waals surface area (Å²) in [5.41, 5.74) is 0.460. The summed E-state index contributed by atoms with van der Waals surface area (Å²) in [6.07, 6.45) is 7.35. The van der Waals surface area contributed by atoms with E-state index in [0.717, 1.165) is 11.8 Å². The third kappa shape index (κ3) is 2.16. The molecule has 0 heterocycles. The van der Waals surface area contributed by atoms with Crippen molar-refractivity contribution in [3.63, 3.8) is 0 Å². The van der Waals surface area contributed by atoms with Gasteiger partial charge in [0.15, 0.2) is 0 Å². The van der Waals surface area contributed by atoms with Crippen LogP contribution in [0.3, 0.4) is 0 Å². The van der Waals surface area contributed by atoms with Crippen molar-refractivity contribution in [1.82, 2.24) is 0 Å². The Morgan fingerprint density at radius 1 is 1.33 bits per heavy atom. The van der Waals surface area contributed by atoms with Gasteiger partial charge in [-0.1, -0.05) is 12.2 Å².